The van der Waals surface area contributed by atoms with Crippen LogP contribution in [0.2, 0.25) is 0 Å². The lowest BCUT2D eigenvalue weighted by Crippen LogP contribution is -2.15. The molecule has 1 nitrogen and oxygen atoms in total. The molecule has 11 heavy (non-hydrogen) atoms. The van der Waals surface area contributed by atoms with Gasteiger partial charge in [0.15, 0.2) is 0 Å². The van der Waals surface area contributed by atoms with E-state index in [0.29, 0.717) is 12.0 Å². The lowest BCUT2D eigenvalue weighted by molar-refractivity contribution is 0.0792. The number of rotatable bonds is 6. The normalized spacial score (nSPS) is 16.4. The lowest BCUT2D eigenvalue weighted by Gasteiger charge is -2.18. The van der Waals surface area contributed by atoms with Crippen molar-refractivity contribution in [2.75, 3.05) is 13.0 Å². The van der Waals surface area contributed by atoms with Gasteiger partial charge in [-0.25, -0.2) is 0 Å². The Kier molecular flexibility index (Phi) is 7.09. The average Bonchev–Trinajstić information content (AvgIpc) is 2.07. The molecule has 68 valence electrons. The summed E-state index contributed by atoms with van der Waals surface area (Å²) < 4.78 is 5.27. The highest BCUT2D eigenvalue weighted by molar-refractivity contribution is 6.18. The van der Waals surface area contributed by atoms with Crippen LogP contribution in [0.15, 0.2) is 0 Å². The van der Waals surface area contributed by atoms with Gasteiger partial charge in [-0.05, 0) is 18.8 Å². The molecule has 0 rings (SSSR count). The molecule has 0 bridgehead atoms. The molecule has 0 aromatic rings. The Hall–Kier alpha value is 0.250. The zero-order valence-electron chi connectivity index (χ0n) is 7.77. The van der Waals surface area contributed by atoms with Gasteiger partial charge < -0.3 is 4.74 Å². The summed E-state index contributed by atoms with van der Waals surface area (Å²) in [5.74, 6) is 1.39. The van der Waals surface area contributed by atoms with Crippen molar-refractivity contribution in [3.05, 3.63) is 0 Å². The van der Waals surface area contributed by atoms with Gasteiger partial charge in [-0.2, -0.15) is 0 Å². The zero-order chi connectivity index (χ0) is 8.69. The summed E-state index contributed by atoms with van der Waals surface area (Å²) in [6.07, 6.45) is 3.75. The van der Waals surface area contributed by atoms with E-state index in [1.54, 1.807) is 7.11 Å². The topological polar surface area (TPSA) is 9.23 Å². The van der Waals surface area contributed by atoms with Crippen molar-refractivity contribution < 1.29 is 4.74 Å². The molecule has 0 aromatic heterocycles. The summed E-state index contributed by atoms with van der Waals surface area (Å²) in [5.41, 5.74) is 0. The fraction of sp³-hybridized carbons (Fsp3) is 1.00. The Morgan fingerprint density at radius 2 is 1.91 bits per heavy atom. The molecule has 0 aliphatic carbocycles. The molecule has 0 saturated heterocycles. The van der Waals surface area contributed by atoms with Gasteiger partial charge in [0.2, 0.25) is 0 Å². The Labute approximate surface area is 75.1 Å². The van der Waals surface area contributed by atoms with E-state index in [4.69, 9.17) is 16.3 Å². The Bertz CT molecular complexity index is 67.6. The van der Waals surface area contributed by atoms with Crippen LogP contribution in [-0.4, -0.2) is 19.1 Å². The second-order valence-corrected chi connectivity index (χ2v) is 3.24. The molecule has 0 saturated carbocycles. The molecule has 0 fully saturated rings. The summed E-state index contributed by atoms with van der Waals surface area (Å²) in [6, 6.07) is 0. The van der Waals surface area contributed by atoms with Crippen molar-refractivity contribution in [1.29, 1.82) is 0 Å². The molecule has 0 aliphatic rings. The highest BCUT2D eigenvalue weighted by Crippen LogP contribution is 2.16. The maximum absolute atomic E-state index is 5.77. The van der Waals surface area contributed by atoms with E-state index in [-0.39, 0.29) is 0 Å². The first-order chi connectivity index (χ1) is 5.28. The molecule has 2 heteroatoms. The van der Waals surface area contributed by atoms with Gasteiger partial charge >= 0.3 is 0 Å². The third-order valence-corrected chi connectivity index (χ3v) is 2.62. The predicted octanol–water partition coefficient (Wildman–Crippen LogP) is 3.07. The third kappa shape index (κ3) is 4.65. The SMILES string of the molecule is CCC(CCl)CC(CC)OC. The lowest BCUT2D eigenvalue weighted by atomic mass is 9.99. The van der Waals surface area contributed by atoms with Crippen LogP contribution in [-0.2, 0) is 4.74 Å². The summed E-state index contributed by atoms with van der Waals surface area (Å²) >= 11 is 5.77. The predicted molar refractivity (Wildman–Crippen MR) is 50.2 cm³/mol. The maximum Gasteiger partial charge on any atom is 0.0571 e. The third-order valence-electron chi connectivity index (χ3n) is 2.18. The van der Waals surface area contributed by atoms with Crippen LogP contribution in [0.4, 0.5) is 0 Å². The standard InChI is InChI=1S/C9H19ClO/c1-4-8(7-10)6-9(5-2)11-3/h8-9H,4-7H2,1-3H3. The molecule has 0 spiro atoms. The molecular formula is C9H19ClO. The number of halogens is 1. The molecule has 0 N–H and O–H groups in total. The molecule has 0 aliphatic heterocycles. The van der Waals surface area contributed by atoms with Crippen molar-refractivity contribution in [3.8, 4) is 0 Å². The quantitative estimate of drug-likeness (QED) is 0.568. The van der Waals surface area contributed by atoms with E-state index in [1.807, 2.05) is 0 Å². The van der Waals surface area contributed by atoms with E-state index >= 15 is 0 Å². The molecule has 0 aromatic carbocycles. The first kappa shape index (κ1) is 11.2. The van der Waals surface area contributed by atoms with Crippen LogP contribution >= 0.6 is 11.6 Å². The van der Waals surface area contributed by atoms with Crippen LogP contribution in [0.1, 0.15) is 33.1 Å². The van der Waals surface area contributed by atoms with Crippen molar-refractivity contribution in [2.24, 2.45) is 5.92 Å². The number of hydrogen-bond acceptors (Lipinski definition) is 1. The number of ether oxygens (including phenoxy) is 1. The summed E-state index contributed by atoms with van der Waals surface area (Å²) in [7, 11) is 1.77. The molecule has 2 atom stereocenters. The molecule has 0 heterocycles. The van der Waals surface area contributed by atoms with Crippen molar-refractivity contribution in [1.82, 2.24) is 0 Å². The smallest absolute Gasteiger partial charge is 0.0571 e. The van der Waals surface area contributed by atoms with Crippen LogP contribution in [0.25, 0.3) is 0 Å². The van der Waals surface area contributed by atoms with Gasteiger partial charge in [0.05, 0.1) is 6.10 Å². The number of alkyl halides is 1. The van der Waals surface area contributed by atoms with Crippen LogP contribution in [0, 0.1) is 5.92 Å². The van der Waals surface area contributed by atoms with Gasteiger partial charge in [-0.15, -0.1) is 11.6 Å². The first-order valence-electron chi connectivity index (χ1n) is 4.37. The van der Waals surface area contributed by atoms with E-state index in [9.17, 15) is 0 Å². The minimum atomic E-state index is 0.402. The van der Waals surface area contributed by atoms with E-state index in [0.717, 1.165) is 25.1 Å². The number of hydrogen-bond donors (Lipinski definition) is 0. The van der Waals surface area contributed by atoms with Gasteiger partial charge in [0, 0.05) is 13.0 Å². The summed E-state index contributed by atoms with van der Waals surface area (Å²) in [5, 5.41) is 0. The number of methoxy groups -OCH3 is 1. The highest BCUT2D eigenvalue weighted by atomic mass is 35.5. The Balaban J connectivity index is 3.58. The fourth-order valence-corrected chi connectivity index (χ4v) is 1.48. The van der Waals surface area contributed by atoms with Gasteiger partial charge in [-0.3, -0.25) is 0 Å². The minimum absolute atomic E-state index is 0.402. The van der Waals surface area contributed by atoms with Crippen molar-refractivity contribution in [3.63, 3.8) is 0 Å². The average molecular weight is 179 g/mol. The monoisotopic (exact) mass is 178 g/mol. The minimum Gasteiger partial charge on any atom is -0.381 e. The van der Waals surface area contributed by atoms with E-state index < -0.39 is 0 Å². The van der Waals surface area contributed by atoms with Crippen LogP contribution < -0.4 is 0 Å². The molecule has 2 unspecified atom stereocenters. The maximum atomic E-state index is 5.77. The van der Waals surface area contributed by atoms with Crippen molar-refractivity contribution >= 4 is 11.6 Å². The highest BCUT2D eigenvalue weighted by Gasteiger charge is 2.11. The molecule has 0 radical (unpaired) electrons. The Morgan fingerprint density at radius 3 is 2.18 bits per heavy atom. The van der Waals surface area contributed by atoms with Gasteiger partial charge in [0.25, 0.3) is 0 Å². The van der Waals surface area contributed by atoms with Crippen LogP contribution in [0.5, 0.6) is 0 Å². The largest absolute Gasteiger partial charge is 0.381 e. The second-order valence-electron chi connectivity index (χ2n) is 2.93. The second kappa shape index (κ2) is 6.93. The molecular weight excluding hydrogens is 160 g/mol. The molecule has 0 amide bonds. The van der Waals surface area contributed by atoms with E-state index in [1.165, 1.54) is 0 Å². The fourth-order valence-electron chi connectivity index (χ4n) is 1.14. The van der Waals surface area contributed by atoms with Crippen LogP contribution in [0.3, 0.4) is 0 Å². The van der Waals surface area contributed by atoms with Gasteiger partial charge in [0.1, 0.15) is 0 Å². The van der Waals surface area contributed by atoms with Gasteiger partial charge in [-0.1, -0.05) is 20.3 Å². The van der Waals surface area contributed by atoms with E-state index in [2.05, 4.69) is 13.8 Å². The summed E-state index contributed by atoms with van der Waals surface area (Å²) in [6.45, 7) is 4.32. The van der Waals surface area contributed by atoms with Crippen molar-refractivity contribution in [2.45, 2.75) is 39.2 Å². The first-order valence-corrected chi connectivity index (χ1v) is 4.90. The zero-order valence-corrected chi connectivity index (χ0v) is 8.53. The Morgan fingerprint density at radius 1 is 1.27 bits per heavy atom. The summed E-state index contributed by atoms with van der Waals surface area (Å²) in [4.78, 5) is 0.